The zero-order valence-electron chi connectivity index (χ0n) is 31.1. The number of fused-ring (bicyclic) bond motifs is 14. The maximum atomic E-state index is 6.93. The van der Waals surface area contributed by atoms with Gasteiger partial charge in [-0.3, -0.25) is 0 Å². The molecule has 0 saturated heterocycles. The van der Waals surface area contributed by atoms with Gasteiger partial charge in [0.1, 0.15) is 11.2 Å². The van der Waals surface area contributed by atoms with E-state index >= 15 is 0 Å². The van der Waals surface area contributed by atoms with Crippen molar-refractivity contribution in [3.05, 3.63) is 162 Å². The van der Waals surface area contributed by atoms with Crippen molar-refractivity contribution in [2.45, 2.75) is 20.8 Å². The first-order valence-electron chi connectivity index (χ1n) is 19.4. The number of benzene rings is 8. The Morgan fingerprint density at radius 3 is 2.20 bits per heavy atom. The number of rotatable bonds is 2. The Balaban J connectivity index is 1.20. The summed E-state index contributed by atoms with van der Waals surface area (Å²) in [6.07, 6.45) is 0. The van der Waals surface area contributed by atoms with Crippen LogP contribution in [-0.4, -0.2) is 11.3 Å². The molecule has 0 fully saturated rings. The Labute approximate surface area is 327 Å². The summed E-state index contributed by atoms with van der Waals surface area (Å²) in [4.78, 5) is 3.87. The number of anilines is 3. The van der Waals surface area contributed by atoms with Crippen molar-refractivity contribution >= 4 is 111 Å². The van der Waals surface area contributed by atoms with Crippen molar-refractivity contribution in [2.75, 3.05) is 4.90 Å². The fraction of sp³-hybridized carbons (Fsp3) is 0.0588. The molecular formula is C51H33BN2OS. The summed E-state index contributed by atoms with van der Waals surface area (Å²) < 4.78 is 9.60. The van der Waals surface area contributed by atoms with Crippen molar-refractivity contribution in [3.8, 4) is 21.6 Å². The molecule has 3 nitrogen and oxygen atoms in total. The minimum absolute atomic E-state index is 0.0351. The quantitative estimate of drug-likeness (QED) is 0.165. The van der Waals surface area contributed by atoms with Crippen LogP contribution in [0.3, 0.4) is 0 Å². The summed E-state index contributed by atoms with van der Waals surface area (Å²) in [7, 11) is 0. The van der Waals surface area contributed by atoms with Crippen molar-refractivity contribution in [1.29, 1.82) is 0 Å². The lowest BCUT2D eigenvalue weighted by molar-refractivity contribution is 0.673. The molecule has 262 valence electrons. The maximum absolute atomic E-state index is 6.93. The fourth-order valence-corrected chi connectivity index (χ4v) is 11.6. The highest BCUT2D eigenvalue weighted by molar-refractivity contribution is 7.17. The van der Waals surface area contributed by atoms with E-state index in [1.165, 1.54) is 115 Å². The van der Waals surface area contributed by atoms with Gasteiger partial charge in [-0.05, 0) is 118 Å². The smallest absolute Gasteiger partial charge is 0.334 e. The molecule has 0 aliphatic carbocycles. The summed E-state index contributed by atoms with van der Waals surface area (Å²) in [6.45, 7) is 6.65. The normalized spacial score (nSPS) is 13.2. The predicted molar refractivity (Wildman–Crippen MR) is 240 cm³/mol. The molecule has 0 radical (unpaired) electrons. The first-order chi connectivity index (χ1) is 27.5. The highest BCUT2D eigenvalue weighted by Gasteiger charge is 2.45. The molecular weight excluding hydrogens is 699 g/mol. The van der Waals surface area contributed by atoms with Gasteiger partial charge in [-0.25, -0.2) is 0 Å². The molecule has 0 unspecified atom stereocenters. The van der Waals surface area contributed by atoms with E-state index < -0.39 is 0 Å². The van der Waals surface area contributed by atoms with Gasteiger partial charge in [-0.2, -0.15) is 0 Å². The lowest BCUT2D eigenvalue weighted by atomic mass is 9.45. The molecule has 0 saturated carbocycles. The fourth-order valence-electron chi connectivity index (χ4n) is 10.5. The molecule has 13 rings (SSSR count). The average molecular weight is 733 g/mol. The van der Waals surface area contributed by atoms with Crippen molar-refractivity contribution in [1.82, 2.24) is 4.48 Å². The Hall–Kier alpha value is -6.56. The molecule has 56 heavy (non-hydrogen) atoms. The van der Waals surface area contributed by atoms with Gasteiger partial charge < -0.3 is 13.8 Å². The zero-order valence-corrected chi connectivity index (χ0v) is 32.0. The van der Waals surface area contributed by atoms with Crippen molar-refractivity contribution in [2.24, 2.45) is 0 Å². The first kappa shape index (κ1) is 30.7. The second-order valence-electron chi connectivity index (χ2n) is 15.9. The molecule has 11 aromatic rings. The minimum Gasteiger partial charge on any atom is -0.455 e. The van der Waals surface area contributed by atoms with Gasteiger partial charge in [0.2, 0.25) is 0 Å². The number of hydrogen-bond acceptors (Lipinski definition) is 3. The topological polar surface area (TPSA) is 21.3 Å². The van der Waals surface area contributed by atoms with Crippen LogP contribution in [0.4, 0.5) is 17.1 Å². The van der Waals surface area contributed by atoms with E-state index in [0.29, 0.717) is 0 Å². The average Bonchev–Trinajstić information content (AvgIpc) is 3.92. The molecule has 0 N–H and O–H groups in total. The Bertz CT molecular complexity index is 3520. The third-order valence-electron chi connectivity index (χ3n) is 12.7. The summed E-state index contributed by atoms with van der Waals surface area (Å²) in [5.74, 6) is 0. The van der Waals surface area contributed by atoms with E-state index in [2.05, 4.69) is 175 Å². The standard InChI is InChI=1S/C51H33BN2OS/c1-28-22-29(2)45(30(3)23-28)34-18-20-41-39(25-34)46-49-40(26-38-37-14-8-9-15-44(37)55-50(38)46)51-48-43(27-56-51)53(35-19-16-31-10-4-5-12-33(31)24-35)42-21-17-32-11-6-7-13-36(32)47(42)52(48)54(41)49/h4-27H,1-3H3. The third kappa shape index (κ3) is 3.88. The molecule has 8 aromatic carbocycles. The van der Waals surface area contributed by atoms with Gasteiger partial charge in [-0.15, -0.1) is 11.3 Å². The summed E-state index contributed by atoms with van der Waals surface area (Å²) in [5.41, 5.74) is 18.5. The Morgan fingerprint density at radius 2 is 1.34 bits per heavy atom. The van der Waals surface area contributed by atoms with Gasteiger partial charge in [0.25, 0.3) is 0 Å². The SMILES string of the molecule is Cc1cc(C)c(-c2ccc3c(c2)c2c4oc5ccccc5c4cc4c2n3B2c3c(csc3-4)N(c3ccc4ccccc4c3)c3ccc4ccccc4c32)c(C)c1. The van der Waals surface area contributed by atoms with Gasteiger partial charge in [-0.1, -0.05) is 103 Å². The number of thiophene rings is 1. The van der Waals surface area contributed by atoms with Crippen LogP contribution in [0.2, 0.25) is 0 Å². The summed E-state index contributed by atoms with van der Waals surface area (Å²) in [5, 5.41) is 12.2. The third-order valence-corrected chi connectivity index (χ3v) is 13.7. The van der Waals surface area contributed by atoms with Crippen LogP contribution in [0.1, 0.15) is 16.7 Å². The van der Waals surface area contributed by atoms with Crippen LogP contribution >= 0.6 is 11.3 Å². The molecule has 2 aliphatic rings. The van der Waals surface area contributed by atoms with E-state index in [4.69, 9.17) is 4.42 Å². The van der Waals surface area contributed by atoms with Crippen LogP contribution in [0.25, 0.3) is 86.9 Å². The van der Waals surface area contributed by atoms with E-state index in [-0.39, 0.29) is 6.85 Å². The monoisotopic (exact) mass is 732 g/mol. The number of nitrogens with zero attached hydrogens (tertiary/aromatic N) is 2. The summed E-state index contributed by atoms with van der Waals surface area (Å²) >= 11 is 1.88. The highest BCUT2D eigenvalue weighted by Crippen LogP contribution is 2.51. The van der Waals surface area contributed by atoms with Crippen LogP contribution in [0.5, 0.6) is 0 Å². The molecule has 0 spiro atoms. The lowest BCUT2D eigenvalue weighted by Crippen LogP contribution is -2.56. The number of aryl methyl sites for hydroxylation is 3. The Morgan fingerprint density at radius 1 is 0.589 bits per heavy atom. The minimum atomic E-state index is -0.0351. The van der Waals surface area contributed by atoms with E-state index in [0.717, 1.165) is 16.6 Å². The number of para-hydroxylation sites is 1. The largest absolute Gasteiger partial charge is 0.455 e. The van der Waals surface area contributed by atoms with Crippen molar-refractivity contribution < 1.29 is 4.42 Å². The number of furan rings is 1. The predicted octanol–water partition coefficient (Wildman–Crippen LogP) is 13.1. The molecule has 0 atom stereocenters. The lowest BCUT2D eigenvalue weighted by Gasteiger charge is -2.38. The summed E-state index contributed by atoms with van der Waals surface area (Å²) in [6, 6.07) is 52.0. The van der Waals surface area contributed by atoms with Gasteiger partial charge in [0.05, 0.1) is 16.6 Å². The first-order valence-corrected chi connectivity index (χ1v) is 20.3. The van der Waals surface area contributed by atoms with E-state index in [1.54, 1.807) is 0 Å². The van der Waals surface area contributed by atoms with Crippen LogP contribution in [0.15, 0.2) is 149 Å². The molecule has 0 amide bonds. The highest BCUT2D eigenvalue weighted by atomic mass is 32.1. The number of hydrogen-bond donors (Lipinski definition) is 0. The Kier molecular flexibility index (Phi) is 5.93. The van der Waals surface area contributed by atoms with Gasteiger partial charge in [0.15, 0.2) is 0 Å². The van der Waals surface area contributed by atoms with Crippen LogP contribution < -0.4 is 15.8 Å². The van der Waals surface area contributed by atoms with Gasteiger partial charge >= 0.3 is 6.85 Å². The van der Waals surface area contributed by atoms with E-state index in [1.807, 2.05) is 11.3 Å². The molecule has 5 heterocycles. The van der Waals surface area contributed by atoms with Crippen LogP contribution in [-0.2, 0) is 0 Å². The van der Waals surface area contributed by atoms with Crippen molar-refractivity contribution in [3.63, 3.8) is 0 Å². The second-order valence-corrected chi connectivity index (χ2v) is 16.7. The number of aromatic nitrogens is 1. The maximum Gasteiger partial charge on any atom is 0.334 e. The van der Waals surface area contributed by atoms with Gasteiger partial charge in [0, 0.05) is 48.9 Å². The molecule has 2 aliphatic heterocycles. The molecule has 5 heteroatoms. The zero-order chi connectivity index (χ0) is 37.0. The molecule has 3 aromatic heterocycles. The van der Waals surface area contributed by atoms with Crippen LogP contribution in [0, 0.1) is 20.8 Å². The van der Waals surface area contributed by atoms with E-state index in [9.17, 15) is 0 Å². The second kappa shape index (κ2) is 10.8. The molecule has 0 bridgehead atoms.